The molecule has 0 saturated carbocycles. The molecule has 1 amide bonds. The fraction of sp³-hybridized carbons (Fsp3) is 0.304. The monoisotopic (exact) mass is 459 g/mol. The quantitative estimate of drug-likeness (QED) is 0.549. The molecular formula is C23H23F2N3O5. The zero-order valence-corrected chi connectivity index (χ0v) is 18.5. The van der Waals surface area contributed by atoms with E-state index >= 15 is 0 Å². The molecule has 174 valence electrons. The number of hydrogen-bond acceptors (Lipinski definition) is 6. The Balaban J connectivity index is 2.00. The van der Waals surface area contributed by atoms with Crippen LogP contribution in [0.3, 0.4) is 0 Å². The van der Waals surface area contributed by atoms with Gasteiger partial charge in [0.2, 0.25) is 5.89 Å². The van der Waals surface area contributed by atoms with E-state index in [1.165, 1.54) is 24.3 Å². The number of amides is 1. The van der Waals surface area contributed by atoms with Crippen molar-refractivity contribution in [3.8, 4) is 11.5 Å². The van der Waals surface area contributed by atoms with Crippen molar-refractivity contribution in [3.63, 3.8) is 0 Å². The Morgan fingerprint density at radius 1 is 1.06 bits per heavy atom. The molecular weight excluding hydrogens is 436 g/mol. The van der Waals surface area contributed by atoms with E-state index in [0.717, 1.165) is 18.2 Å². The van der Waals surface area contributed by atoms with Crippen LogP contribution >= 0.6 is 0 Å². The number of halogens is 2. The first-order valence-corrected chi connectivity index (χ1v) is 9.99. The molecule has 0 saturated heterocycles. The number of hydrogen-bond donors (Lipinski definition) is 2. The van der Waals surface area contributed by atoms with E-state index in [2.05, 4.69) is 15.5 Å². The van der Waals surface area contributed by atoms with Crippen molar-refractivity contribution in [3.05, 3.63) is 71.1 Å². The van der Waals surface area contributed by atoms with Crippen LogP contribution in [0.4, 0.5) is 13.6 Å². The zero-order chi connectivity index (χ0) is 24.4. The van der Waals surface area contributed by atoms with Crippen LogP contribution in [-0.4, -0.2) is 33.0 Å². The summed E-state index contributed by atoms with van der Waals surface area (Å²) < 4.78 is 38.7. The highest BCUT2D eigenvalue weighted by atomic mass is 19.1. The van der Waals surface area contributed by atoms with Gasteiger partial charge in [-0.05, 0) is 63.6 Å². The van der Waals surface area contributed by atoms with Crippen LogP contribution in [0.15, 0.2) is 46.9 Å². The summed E-state index contributed by atoms with van der Waals surface area (Å²) in [6, 6.07) is 8.80. The summed E-state index contributed by atoms with van der Waals surface area (Å²) in [7, 11) is 0. The summed E-state index contributed by atoms with van der Waals surface area (Å²) in [5.41, 5.74) is -1.80. The fourth-order valence-corrected chi connectivity index (χ4v) is 3.09. The second kappa shape index (κ2) is 8.97. The minimum Gasteiger partial charge on any atom is -0.478 e. The van der Waals surface area contributed by atoms with Crippen LogP contribution in [-0.2, 0) is 16.7 Å². The first-order valence-electron chi connectivity index (χ1n) is 9.99. The molecule has 3 aromatic rings. The van der Waals surface area contributed by atoms with Crippen molar-refractivity contribution in [1.29, 1.82) is 0 Å². The molecule has 0 bridgehead atoms. The van der Waals surface area contributed by atoms with Crippen molar-refractivity contribution >= 4 is 12.1 Å². The smallest absolute Gasteiger partial charge is 0.408 e. The van der Waals surface area contributed by atoms with Gasteiger partial charge >= 0.3 is 12.1 Å². The van der Waals surface area contributed by atoms with E-state index in [-0.39, 0.29) is 29.3 Å². The molecule has 3 rings (SSSR count). The lowest BCUT2D eigenvalue weighted by atomic mass is 9.92. The predicted octanol–water partition coefficient (Wildman–Crippen LogP) is 4.70. The molecule has 10 heteroatoms. The van der Waals surface area contributed by atoms with Gasteiger partial charge in [-0.15, -0.1) is 10.2 Å². The van der Waals surface area contributed by atoms with E-state index in [0.29, 0.717) is 5.56 Å². The molecule has 0 aliphatic rings. The van der Waals surface area contributed by atoms with Crippen LogP contribution in [0.1, 0.15) is 49.5 Å². The number of carboxylic acid groups (broad SMARTS) is 1. The highest BCUT2D eigenvalue weighted by molar-refractivity contribution is 5.89. The number of ether oxygens (including phenoxy) is 1. The van der Waals surface area contributed by atoms with Crippen molar-refractivity contribution in [2.75, 3.05) is 0 Å². The van der Waals surface area contributed by atoms with Crippen molar-refractivity contribution in [2.45, 2.75) is 45.3 Å². The number of carboxylic acids is 1. The predicted molar refractivity (Wildman–Crippen MR) is 113 cm³/mol. The molecule has 2 N–H and O–H groups in total. The van der Waals surface area contributed by atoms with Gasteiger partial charge in [-0.2, -0.15) is 0 Å². The lowest BCUT2D eigenvalue weighted by Gasteiger charge is -2.29. The minimum atomic E-state index is -1.31. The Bertz CT molecular complexity index is 1170. The molecule has 2 aromatic carbocycles. The molecule has 0 aliphatic heterocycles. The highest BCUT2D eigenvalue weighted by Crippen LogP contribution is 2.30. The van der Waals surface area contributed by atoms with Gasteiger partial charge in [-0.1, -0.05) is 12.1 Å². The topological polar surface area (TPSA) is 115 Å². The lowest BCUT2D eigenvalue weighted by molar-refractivity contribution is 0.0443. The first-order chi connectivity index (χ1) is 15.4. The highest BCUT2D eigenvalue weighted by Gasteiger charge is 2.37. The van der Waals surface area contributed by atoms with Crippen molar-refractivity contribution < 1.29 is 32.6 Å². The number of nitrogens with one attached hydrogen (secondary N) is 1. The second-order valence-corrected chi connectivity index (χ2v) is 8.67. The number of rotatable bonds is 6. The van der Waals surface area contributed by atoms with Gasteiger partial charge < -0.3 is 19.6 Å². The van der Waals surface area contributed by atoms with Gasteiger partial charge in [-0.3, -0.25) is 0 Å². The number of benzene rings is 2. The van der Waals surface area contributed by atoms with Crippen molar-refractivity contribution in [1.82, 2.24) is 15.5 Å². The molecule has 33 heavy (non-hydrogen) atoms. The maximum Gasteiger partial charge on any atom is 0.408 e. The van der Waals surface area contributed by atoms with E-state index in [1.54, 1.807) is 27.7 Å². The van der Waals surface area contributed by atoms with Gasteiger partial charge in [0.05, 0.1) is 11.1 Å². The third-order valence-electron chi connectivity index (χ3n) is 4.59. The number of nitrogens with zero attached hydrogens (tertiary/aromatic N) is 2. The number of carbonyl (C=O) groups excluding carboxylic acids is 1. The second-order valence-electron chi connectivity index (χ2n) is 8.67. The Kier molecular flexibility index (Phi) is 6.48. The van der Waals surface area contributed by atoms with E-state index in [9.17, 15) is 23.5 Å². The summed E-state index contributed by atoms with van der Waals surface area (Å²) in [5.74, 6) is -2.76. The van der Waals surface area contributed by atoms with Crippen LogP contribution in [0, 0.1) is 11.6 Å². The molecule has 1 heterocycles. The van der Waals surface area contributed by atoms with Gasteiger partial charge in [0, 0.05) is 6.42 Å². The fourth-order valence-electron chi connectivity index (χ4n) is 3.09. The van der Waals surface area contributed by atoms with E-state index in [4.69, 9.17) is 9.15 Å². The normalized spacial score (nSPS) is 13.3. The third-order valence-corrected chi connectivity index (χ3v) is 4.59. The Labute approximate surface area is 188 Å². The summed E-state index contributed by atoms with van der Waals surface area (Å²) in [5, 5.41) is 19.7. The summed E-state index contributed by atoms with van der Waals surface area (Å²) >= 11 is 0. The molecule has 1 unspecified atom stereocenters. The van der Waals surface area contributed by atoms with E-state index in [1.807, 2.05) is 0 Å². The molecule has 1 atom stereocenters. The standard InChI is InChI=1S/C23H23F2N3O5/c1-22(2,3)33-21(31)26-23(4,12-13-5-8-15(24)9-6-13)20-28-27-18(32-20)16-11-14(19(29)30)7-10-17(16)25/h5-11H,12H2,1-4H3,(H,26,31)(H,29,30). The maximum atomic E-state index is 14.4. The average Bonchev–Trinajstić information content (AvgIpc) is 3.19. The van der Waals surface area contributed by atoms with Gasteiger partial charge in [0.25, 0.3) is 5.89 Å². The zero-order valence-electron chi connectivity index (χ0n) is 18.5. The van der Waals surface area contributed by atoms with Gasteiger partial charge in [-0.25, -0.2) is 18.4 Å². The number of aromatic carboxylic acids is 1. The third kappa shape index (κ3) is 5.91. The average molecular weight is 459 g/mol. The summed E-state index contributed by atoms with van der Waals surface area (Å²) in [6.45, 7) is 6.70. The van der Waals surface area contributed by atoms with Crippen LogP contribution in [0.5, 0.6) is 0 Å². The number of carbonyl (C=O) groups is 2. The van der Waals surface area contributed by atoms with Crippen LogP contribution in [0.25, 0.3) is 11.5 Å². The number of alkyl carbamates (subject to hydrolysis) is 1. The molecule has 0 radical (unpaired) electrons. The molecule has 1 aromatic heterocycles. The Hall–Kier alpha value is -3.82. The number of aromatic nitrogens is 2. The molecule has 0 spiro atoms. The SMILES string of the molecule is CC(C)(C)OC(=O)NC(C)(Cc1ccc(F)cc1)c1nnc(-c2cc(C(=O)O)ccc2F)o1. The molecule has 8 nitrogen and oxygen atoms in total. The Morgan fingerprint density at radius 3 is 2.33 bits per heavy atom. The summed E-state index contributed by atoms with van der Waals surface area (Å²) in [6.07, 6.45) is -0.642. The molecule has 0 fully saturated rings. The minimum absolute atomic E-state index is 0.0761. The molecule has 0 aliphatic carbocycles. The van der Waals surface area contributed by atoms with Crippen LogP contribution in [0.2, 0.25) is 0 Å². The van der Waals surface area contributed by atoms with Crippen molar-refractivity contribution in [2.24, 2.45) is 0 Å². The van der Waals surface area contributed by atoms with Crippen LogP contribution < -0.4 is 5.32 Å². The van der Waals surface area contributed by atoms with E-state index < -0.39 is 34.8 Å². The van der Waals surface area contributed by atoms with Gasteiger partial charge in [0.15, 0.2) is 0 Å². The first kappa shape index (κ1) is 23.8. The Morgan fingerprint density at radius 2 is 1.73 bits per heavy atom. The lowest BCUT2D eigenvalue weighted by Crippen LogP contribution is -2.47. The largest absolute Gasteiger partial charge is 0.478 e. The maximum absolute atomic E-state index is 14.4. The van der Waals surface area contributed by atoms with Gasteiger partial charge in [0.1, 0.15) is 22.8 Å². The summed E-state index contributed by atoms with van der Waals surface area (Å²) in [4.78, 5) is 23.8.